The summed E-state index contributed by atoms with van der Waals surface area (Å²) in [6.07, 6.45) is -4.91. The quantitative estimate of drug-likeness (QED) is 0.0470. The molecule has 4 rings (SSSR count). The second-order valence-electron chi connectivity index (χ2n) is 9.44. The highest BCUT2D eigenvalue weighted by molar-refractivity contribution is 6.00. The third-order valence-corrected chi connectivity index (χ3v) is 6.33. The summed E-state index contributed by atoms with van der Waals surface area (Å²) in [5, 5.41) is 27.6. The molecule has 228 valence electrons. The average molecular weight is 611 g/mol. The van der Waals surface area contributed by atoms with Crippen molar-refractivity contribution in [2.24, 2.45) is 10.9 Å². The van der Waals surface area contributed by atoms with Crippen LogP contribution >= 0.6 is 0 Å². The Bertz CT molecular complexity index is 1710. The van der Waals surface area contributed by atoms with E-state index in [1.165, 1.54) is 6.92 Å². The molecule has 0 radical (unpaired) electrons. The first-order valence-electron chi connectivity index (χ1n) is 12.9. The zero-order valence-electron chi connectivity index (χ0n) is 23.3. The molecule has 0 aliphatic carbocycles. The van der Waals surface area contributed by atoms with Gasteiger partial charge in [-0.3, -0.25) is 10.1 Å². The molecule has 0 atom stereocenters. The minimum atomic E-state index is -4.91. The Labute approximate surface area is 248 Å². The van der Waals surface area contributed by atoms with Crippen molar-refractivity contribution < 1.29 is 41.9 Å². The second-order valence-corrected chi connectivity index (χ2v) is 9.44. The van der Waals surface area contributed by atoms with Gasteiger partial charge in [0.2, 0.25) is 11.4 Å². The van der Waals surface area contributed by atoms with Crippen molar-refractivity contribution >= 4 is 17.5 Å². The van der Waals surface area contributed by atoms with E-state index in [9.17, 15) is 33.3 Å². The molecule has 2 N–H and O–H groups in total. The Balaban J connectivity index is 1.70. The number of halogens is 3. The molecule has 0 bridgehead atoms. The van der Waals surface area contributed by atoms with E-state index in [4.69, 9.17) is 20.0 Å². The number of hydrogen-bond donors (Lipinski definition) is 1. The summed E-state index contributed by atoms with van der Waals surface area (Å²) in [5.74, 6) is -2.65. The first-order chi connectivity index (χ1) is 20.9. The van der Waals surface area contributed by atoms with E-state index in [1.54, 1.807) is 60.7 Å². The summed E-state index contributed by atoms with van der Waals surface area (Å²) in [6.45, 7) is 2.17. The maximum absolute atomic E-state index is 13.7. The number of hydrogen-bond acceptors (Lipinski definition) is 8. The zero-order chi connectivity index (χ0) is 32.0. The van der Waals surface area contributed by atoms with E-state index in [-0.39, 0.29) is 35.1 Å². The Morgan fingerprint density at radius 2 is 1.52 bits per heavy atom. The predicted molar refractivity (Wildman–Crippen MR) is 151 cm³/mol. The van der Waals surface area contributed by atoms with Gasteiger partial charge in [0, 0.05) is 26.0 Å². The topological polar surface area (TPSA) is 153 Å². The first-order valence-corrected chi connectivity index (χ1v) is 12.9. The van der Waals surface area contributed by atoms with E-state index < -0.39 is 51.0 Å². The van der Waals surface area contributed by atoms with Crippen LogP contribution < -0.4 is 19.9 Å². The molecular weight excluding hydrogens is 585 g/mol. The van der Waals surface area contributed by atoms with Crippen LogP contribution in [0.1, 0.15) is 44.0 Å². The number of pyridine rings is 1. The number of aromatic nitrogens is 1. The smallest absolute Gasteiger partial charge is 0.417 e. The number of alkyl halides is 3. The molecule has 4 aromatic rings. The summed E-state index contributed by atoms with van der Waals surface area (Å²) < 4.78 is 53.0. The number of carbonyl (C=O) groups is 1. The van der Waals surface area contributed by atoms with Crippen molar-refractivity contribution in [3.63, 3.8) is 0 Å². The van der Waals surface area contributed by atoms with Crippen LogP contribution in [0.2, 0.25) is 0 Å². The first kappa shape index (κ1) is 31.3. The van der Waals surface area contributed by atoms with Crippen LogP contribution in [-0.4, -0.2) is 16.7 Å². The maximum atomic E-state index is 13.7. The Hall–Kier alpha value is -5.66. The average Bonchev–Trinajstić information content (AvgIpc) is 3.00. The van der Waals surface area contributed by atoms with Gasteiger partial charge in [-0.05, 0) is 17.2 Å². The molecule has 44 heavy (non-hydrogen) atoms. The lowest BCUT2D eigenvalue weighted by atomic mass is 10.0. The molecule has 1 heterocycles. The van der Waals surface area contributed by atoms with Gasteiger partial charge in [0.25, 0.3) is 0 Å². The van der Waals surface area contributed by atoms with E-state index in [1.807, 2.05) is 0 Å². The number of oxime groups is 1. The monoisotopic (exact) mass is 610 g/mol. The number of nitro benzene ring substituents is 1. The summed E-state index contributed by atoms with van der Waals surface area (Å²) in [5.41, 5.74) is 3.37. The molecule has 0 saturated carbocycles. The number of ether oxygens (including phenoxy) is 2. The molecule has 3 aromatic carbocycles. The van der Waals surface area contributed by atoms with Crippen LogP contribution in [0.5, 0.6) is 11.5 Å². The number of aryl methyl sites for hydroxylation is 1. The number of benzene rings is 3. The van der Waals surface area contributed by atoms with Gasteiger partial charge in [-0.25, -0.2) is 4.79 Å². The minimum absolute atomic E-state index is 0.0502. The highest BCUT2D eigenvalue weighted by atomic mass is 19.4. The lowest BCUT2D eigenvalue weighted by Gasteiger charge is -2.16. The molecule has 0 spiro atoms. The molecule has 0 aliphatic heterocycles. The molecule has 0 unspecified atom stereocenters. The van der Waals surface area contributed by atoms with Gasteiger partial charge in [-0.2, -0.15) is 17.9 Å². The number of carbonyl (C=O) groups excluding carboxylic acids is 1. The molecular formula is C30H25F3N4O7. The van der Waals surface area contributed by atoms with E-state index in [2.05, 4.69) is 5.16 Å². The lowest BCUT2D eigenvalue weighted by Crippen LogP contribution is -2.39. The SMILES string of the molecule is Cc1cc(C(F)(F)F)c(/C(N)=N/OC(=O)c2cc(OCc3ccccc3)c(OCc3ccccc3)c([N+](=O)[O-])c2)c(C)[n+]1[O-]. The van der Waals surface area contributed by atoms with Crippen LogP contribution in [0, 0.1) is 29.2 Å². The van der Waals surface area contributed by atoms with Gasteiger partial charge in [0.15, 0.2) is 17.3 Å². The number of nitrogens with zero attached hydrogens (tertiary/aromatic N) is 3. The van der Waals surface area contributed by atoms with E-state index in [0.717, 1.165) is 19.1 Å². The van der Waals surface area contributed by atoms with Crippen molar-refractivity contribution in [1.82, 2.24) is 0 Å². The van der Waals surface area contributed by atoms with Crippen molar-refractivity contribution in [3.05, 3.63) is 133 Å². The predicted octanol–water partition coefficient (Wildman–Crippen LogP) is 5.50. The Kier molecular flexibility index (Phi) is 9.32. The van der Waals surface area contributed by atoms with Crippen LogP contribution in [0.4, 0.5) is 18.9 Å². The van der Waals surface area contributed by atoms with Crippen molar-refractivity contribution in [3.8, 4) is 11.5 Å². The Morgan fingerprint density at radius 1 is 0.955 bits per heavy atom. The van der Waals surface area contributed by atoms with Crippen molar-refractivity contribution in [2.75, 3.05) is 0 Å². The summed E-state index contributed by atoms with van der Waals surface area (Å²) in [6, 6.07) is 20.2. The van der Waals surface area contributed by atoms with Gasteiger partial charge in [0.1, 0.15) is 18.8 Å². The largest absolute Gasteiger partial charge is 0.618 e. The normalized spacial score (nSPS) is 11.6. The molecule has 0 fully saturated rings. The second kappa shape index (κ2) is 13.1. The van der Waals surface area contributed by atoms with Crippen LogP contribution in [0.3, 0.4) is 0 Å². The highest BCUT2D eigenvalue weighted by Gasteiger charge is 2.38. The van der Waals surface area contributed by atoms with Crippen LogP contribution in [0.15, 0.2) is 84.0 Å². The molecule has 11 nitrogen and oxygen atoms in total. The zero-order valence-corrected chi connectivity index (χ0v) is 23.3. The summed E-state index contributed by atoms with van der Waals surface area (Å²) >= 11 is 0. The standard InChI is InChI=1S/C30H25F3N4O7/c1-18-13-23(30(31,32)33)26(19(2)36(18)39)28(34)35-44-29(38)22-14-24(37(40)41)27(43-17-21-11-7-4-8-12-21)25(15-22)42-16-20-9-5-3-6-10-20/h3-15H,16-17H2,1-2H3,(H2,34,35). The number of nitro groups is 1. The van der Waals surface area contributed by atoms with Crippen LogP contribution in [0.25, 0.3) is 0 Å². The van der Waals surface area contributed by atoms with Crippen molar-refractivity contribution in [1.29, 1.82) is 0 Å². The summed E-state index contributed by atoms with van der Waals surface area (Å²) in [4.78, 5) is 29.0. The van der Waals surface area contributed by atoms with E-state index in [0.29, 0.717) is 17.2 Å². The van der Waals surface area contributed by atoms with Crippen molar-refractivity contribution in [2.45, 2.75) is 33.2 Å². The number of nitrogens with two attached hydrogens (primary N) is 1. The third-order valence-electron chi connectivity index (χ3n) is 6.33. The third kappa shape index (κ3) is 7.21. The van der Waals surface area contributed by atoms with Gasteiger partial charge >= 0.3 is 17.8 Å². The fraction of sp³-hybridized carbons (Fsp3) is 0.167. The van der Waals surface area contributed by atoms with Gasteiger partial charge < -0.3 is 25.3 Å². The summed E-state index contributed by atoms with van der Waals surface area (Å²) in [7, 11) is 0. The van der Waals surface area contributed by atoms with Gasteiger partial charge in [-0.15, -0.1) is 0 Å². The number of rotatable bonds is 10. The highest BCUT2D eigenvalue weighted by Crippen LogP contribution is 2.40. The minimum Gasteiger partial charge on any atom is -0.618 e. The Morgan fingerprint density at radius 3 is 2.07 bits per heavy atom. The van der Waals surface area contributed by atoms with Crippen LogP contribution in [-0.2, 0) is 24.2 Å². The molecule has 1 aromatic heterocycles. The molecule has 0 saturated heterocycles. The molecule has 14 heteroatoms. The fourth-order valence-corrected chi connectivity index (χ4v) is 4.19. The number of amidine groups is 1. The lowest BCUT2D eigenvalue weighted by molar-refractivity contribution is -0.619. The van der Waals surface area contributed by atoms with E-state index >= 15 is 0 Å². The molecule has 0 aliphatic rings. The molecule has 0 amide bonds. The fourth-order valence-electron chi connectivity index (χ4n) is 4.19. The maximum Gasteiger partial charge on any atom is 0.417 e. The van der Waals surface area contributed by atoms with Gasteiger partial charge in [-0.1, -0.05) is 65.8 Å². The van der Waals surface area contributed by atoms with Gasteiger partial charge in [0.05, 0.1) is 16.1 Å².